The van der Waals surface area contributed by atoms with Gasteiger partial charge in [-0.1, -0.05) is 44.2 Å². The van der Waals surface area contributed by atoms with Gasteiger partial charge in [0.2, 0.25) is 21.8 Å². The first-order chi connectivity index (χ1) is 15.6. The van der Waals surface area contributed by atoms with Crippen LogP contribution in [0.4, 0.5) is 5.69 Å². The van der Waals surface area contributed by atoms with Crippen molar-refractivity contribution in [2.24, 2.45) is 5.92 Å². The average molecular weight is 472 g/mol. The van der Waals surface area contributed by atoms with Crippen molar-refractivity contribution < 1.29 is 18.0 Å². The Hall–Kier alpha value is -2.71. The van der Waals surface area contributed by atoms with Crippen molar-refractivity contribution in [1.29, 1.82) is 0 Å². The van der Waals surface area contributed by atoms with E-state index in [1.807, 2.05) is 51.1 Å². The lowest BCUT2D eigenvalue weighted by Crippen LogP contribution is -2.48. The molecule has 0 spiro atoms. The summed E-state index contributed by atoms with van der Waals surface area (Å²) in [4.78, 5) is 28.6. The molecule has 1 aliphatic heterocycles. The van der Waals surface area contributed by atoms with Gasteiger partial charge in [0.25, 0.3) is 0 Å². The van der Waals surface area contributed by atoms with Crippen molar-refractivity contribution in [2.45, 2.75) is 58.0 Å². The van der Waals surface area contributed by atoms with Gasteiger partial charge < -0.3 is 9.80 Å². The summed E-state index contributed by atoms with van der Waals surface area (Å²) in [5, 5.41) is 0. The van der Waals surface area contributed by atoms with Crippen molar-refractivity contribution in [3.8, 4) is 0 Å². The van der Waals surface area contributed by atoms with Gasteiger partial charge >= 0.3 is 0 Å². The van der Waals surface area contributed by atoms with E-state index >= 15 is 0 Å². The van der Waals surface area contributed by atoms with Gasteiger partial charge in [-0.25, -0.2) is 8.42 Å². The van der Waals surface area contributed by atoms with Crippen LogP contribution in [0.1, 0.15) is 45.2 Å². The predicted molar refractivity (Wildman–Crippen MR) is 129 cm³/mol. The molecule has 0 fully saturated rings. The molecule has 1 atom stereocenters. The number of hydrogen-bond donors (Lipinski definition) is 1. The highest BCUT2D eigenvalue weighted by Crippen LogP contribution is 2.30. The molecule has 0 aliphatic carbocycles. The van der Waals surface area contributed by atoms with Crippen LogP contribution in [0, 0.1) is 5.92 Å². The van der Waals surface area contributed by atoms with Gasteiger partial charge in [-0.05, 0) is 55.0 Å². The topological polar surface area (TPSA) is 86.8 Å². The van der Waals surface area contributed by atoms with Crippen LogP contribution in [-0.2, 0) is 32.6 Å². The predicted octanol–water partition coefficient (Wildman–Crippen LogP) is 3.34. The Balaban J connectivity index is 1.83. The maximum absolute atomic E-state index is 13.4. The van der Waals surface area contributed by atoms with E-state index in [0.29, 0.717) is 32.5 Å². The number of rotatable bonds is 9. The first kappa shape index (κ1) is 24.9. The van der Waals surface area contributed by atoms with E-state index < -0.39 is 16.1 Å². The fourth-order valence-electron chi connectivity index (χ4n) is 4.17. The van der Waals surface area contributed by atoms with E-state index in [1.165, 1.54) is 13.0 Å². The van der Waals surface area contributed by atoms with Crippen molar-refractivity contribution >= 4 is 27.5 Å². The Morgan fingerprint density at radius 3 is 2.42 bits per heavy atom. The van der Waals surface area contributed by atoms with E-state index in [4.69, 9.17) is 0 Å². The lowest BCUT2D eigenvalue weighted by atomic mass is 10.0. The lowest BCUT2D eigenvalue weighted by molar-refractivity contribution is -0.133. The Morgan fingerprint density at radius 2 is 1.82 bits per heavy atom. The van der Waals surface area contributed by atoms with E-state index in [9.17, 15) is 18.0 Å². The lowest BCUT2D eigenvalue weighted by Gasteiger charge is -2.28. The molecule has 3 rings (SSSR count). The third kappa shape index (κ3) is 6.00. The Kier molecular flexibility index (Phi) is 7.92. The summed E-state index contributed by atoms with van der Waals surface area (Å²) in [7, 11) is -3.92. The molecule has 8 heteroatoms. The first-order valence-corrected chi connectivity index (χ1v) is 12.9. The molecule has 0 radical (unpaired) electrons. The number of likely N-dealkylation sites (N-methyl/N-ethyl adjacent to an activating group) is 1. The molecule has 1 heterocycles. The number of amides is 2. The molecule has 1 N–H and O–H groups in total. The number of fused-ring (bicyclic) bond motifs is 1. The Morgan fingerprint density at radius 1 is 1.12 bits per heavy atom. The molecule has 7 nitrogen and oxygen atoms in total. The number of anilines is 1. The van der Waals surface area contributed by atoms with Crippen LogP contribution in [-0.4, -0.2) is 44.3 Å². The zero-order valence-corrected chi connectivity index (χ0v) is 20.6. The largest absolute Gasteiger partial charge is 0.337 e. The van der Waals surface area contributed by atoms with Gasteiger partial charge in [-0.2, -0.15) is 4.72 Å². The van der Waals surface area contributed by atoms with Crippen LogP contribution >= 0.6 is 0 Å². The molecule has 0 unspecified atom stereocenters. The Labute approximate surface area is 196 Å². The molecule has 0 aromatic heterocycles. The van der Waals surface area contributed by atoms with Crippen molar-refractivity contribution in [3.63, 3.8) is 0 Å². The third-order valence-corrected chi connectivity index (χ3v) is 7.32. The minimum Gasteiger partial charge on any atom is -0.337 e. The highest BCUT2D eigenvalue weighted by atomic mass is 32.2. The van der Waals surface area contributed by atoms with E-state index in [-0.39, 0.29) is 22.6 Å². The third-order valence-electron chi connectivity index (χ3n) is 5.85. The Bertz CT molecular complexity index is 1100. The summed E-state index contributed by atoms with van der Waals surface area (Å²) in [5.41, 5.74) is 2.56. The number of carbonyl (C=O) groups is 2. The van der Waals surface area contributed by atoms with Crippen molar-refractivity contribution in [3.05, 3.63) is 59.7 Å². The zero-order chi connectivity index (χ0) is 24.2. The van der Waals surface area contributed by atoms with Gasteiger partial charge in [0.1, 0.15) is 6.04 Å². The number of nitrogens with one attached hydrogen (secondary N) is 1. The van der Waals surface area contributed by atoms with Crippen LogP contribution in [0.3, 0.4) is 0 Å². The van der Waals surface area contributed by atoms with Crippen LogP contribution < -0.4 is 9.62 Å². The monoisotopic (exact) mass is 471 g/mol. The molecular weight excluding hydrogens is 438 g/mol. The summed E-state index contributed by atoms with van der Waals surface area (Å²) in [5.74, 6) is -0.174. The maximum Gasteiger partial charge on any atom is 0.241 e. The first-order valence-electron chi connectivity index (χ1n) is 11.4. The normalized spacial score (nSPS) is 14.3. The van der Waals surface area contributed by atoms with Gasteiger partial charge in [-0.3, -0.25) is 9.59 Å². The molecule has 0 saturated carbocycles. The molecule has 2 aromatic rings. The van der Waals surface area contributed by atoms with Gasteiger partial charge in [-0.15, -0.1) is 0 Å². The van der Waals surface area contributed by atoms with E-state index in [0.717, 1.165) is 16.8 Å². The second kappa shape index (κ2) is 10.5. The fourth-order valence-corrected chi connectivity index (χ4v) is 5.42. The van der Waals surface area contributed by atoms with Crippen LogP contribution in [0.2, 0.25) is 0 Å². The summed E-state index contributed by atoms with van der Waals surface area (Å²) in [6.45, 7) is 8.76. The standard InChI is InChI=1S/C25H33N3O4S/c1-5-27(17-20-9-7-6-8-10-20)25(30)23(15-18(2)3)26-33(31,32)22-11-12-24-21(16-22)13-14-28(24)19(4)29/h6-12,16,18,23,26H,5,13-15,17H2,1-4H3/t23-/m0/s1. The van der Waals surface area contributed by atoms with Crippen molar-refractivity contribution in [2.75, 3.05) is 18.0 Å². The molecular formula is C25H33N3O4S. The number of nitrogens with zero attached hydrogens (tertiary/aromatic N) is 2. The second-order valence-electron chi connectivity index (χ2n) is 8.85. The molecule has 178 valence electrons. The number of sulfonamides is 1. The average Bonchev–Trinajstić information content (AvgIpc) is 3.20. The fraction of sp³-hybridized carbons (Fsp3) is 0.440. The summed E-state index contributed by atoms with van der Waals surface area (Å²) in [6.07, 6.45) is 1.000. The molecule has 2 amide bonds. The minimum absolute atomic E-state index is 0.0665. The van der Waals surface area contributed by atoms with Gasteiger partial charge in [0.15, 0.2) is 0 Å². The highest BCUT2D eigenvalue weighted by Gasteiger charge is 2.31. The van der Waals surface area contributed by atoms with Crippen molar-refractivity contribution in [1.82, 2.24) is 9.62 Å². The SMILES string of the molecule is CCN(Cc1ccccc1)C(=O)[C@H](CC(C)C)NS(=O)(=O)c1ccc2c(c1)CCN2C(C)=O. The quantitative estimate of drug-likeness (QED) is 0.608. The smallest absolute Gasteiger partial charge is 0.241 e. The second-order valence-corrected chi connectivity index (χ2v) is 10.6. The molecule has 0 saturated heterocycles. The summed E-state index contributed by atoms with van der Waals surface area (Å²) in [6, 6.07) is 13.6. The molecule has 1 aliphatic rings. The number of carbonyl (C=O) groups excluding carboxylic acids is 2. The molecule has 2 aromatic carbocycles. The van der Waals surface area contributed by atoms with E-state index in [2.05, 4.69) is 4.72 Å². The number of hydrogen-bond acceptors (Lipinski definition) is 4. The molecule has 33 heavy (non-hydrogen) atoms. The maximum atomic E-state index is 13.4. The minimum atomic E-state index is -3.92. The summed E-state index contributed by atoms with van der Waals surface area (Å²) >= 11 is 0. The number of benzene rings is 2. The van der Waals surface area contributed by atoms with E-state index in [1.54, 1.807) is 21.9 Å². The molecule has 0 bridgehead atoms. The highest BCUT2D eigenvalue weighted by molar-refractivity contribution is 7.89. The van der Waals surface area contributed by atoms with Gasteiger partial charge in [0.05, 0.1) is 4.90 Å². The zero-order valence-electron chi connectivity index (χ0n) is 19.7. The van der Waals surface area contributed by atoms with Crippen LogP contribution in [0.25, 0.3) is 0 Å². The van der Waals surface area contributed by atoms with Crippen LogP contribution in [0.5, 0.6) is 0 Å². The summed E-state index contributed by atoms with van der Waals surface area (Å²) < 4.78 is 29.2. The van der Waals surface area contributed by atoms with Gasteiger partial charge in [0, 0.05) is 32.2 Å². The van der Waals surface area contributed by atoms with Crippen LogP contribution in [0.15, 0.2) is 53.4 Å².